The maximum Gasteiger partial charge on any atom is 0.204 e. The Morgan fingerprint density at radius 1 is 0.275 bits per heavy atom. The number of fused-ring (bicyclic) bond motifs is 2. The third kappa shape index (κ3) is 5.07. The molecular formula is C47H36O4. The average Bonchev–Trinajstić information content (AvgIpc) is 3.18. The molecule has 0 unspecified atom stereocenters. The molecule has 51 heavy (non-hydrogen) atoms. The van der Waals surface area contributed by atoms with E-state index >= 15 is 0 Å². The lowest BCUT2D eigenvalue weighted by molar-refractivity contribution is 0.351. The fraction of sp³-hybridized carbons (Fsp3) is 0.0638. The first kappa shape index (κ1) is 31.7. The van der Waals surface area contributed by atoms with Crippen LogP contribution >= 0.6 is 0 Å². The number of phenols is 4. The van der Waals surface area contributed by atoms with Crippen LogP contribution in [-0.4, -0.2) is 20.4 Å². The zero-order valence-electron chi connectivity index (χ0n) is 28.6. The van der Waals surface area contributed by atoms with Gasteiger partial charge in [0.1, 0.15) is 0 Å². The molecule has 0 saturated carbocycles. The highest BCUT2D eigenvalue weighted by Gasteiger charge is 2.30. The van der Waals surface area contributed by atoms with Crippen LogP contribution in [0.25, 0.3) is 77.2 Å². The van der Waals surface area contributed by atoms with Gasteiger partial charge in [-0.3, -0.25) is 0 Å². The minimum Gasteiger partial charge on any atom is -0.504 e. The van der Waals surface area contributed by atoms with Crippen molar-refractivity contribution in [3.63, 3.8) is 0 Å². The van der Waals surface area contributed by atoms with Crippen LogP contribution in [0.3, 0.4) is 0 Å². The molecular weight excluding hydrogens is 629 g/mol. The van der Waals surface area contributed by atoms with Crippen LogP contribution in [0.4, 0.5) is 0 Å². The average molecular weight is 665 g/mol. The van der Waals surface area contributed by atoms with Crippen molar-refractivity contribution in [3.8, 4) is 78.6 Å². The first-order valence-corrected chi connectivity index (χ1v) is 17.0. The third-order valence-electron chi connectivity index (χ3n) is 10.3. The summed E-state index contributed by atoms with van der Waals surface area (Å²) >= 11 is 0. The molecule has 0 aromatic heterocycles. The Kier molecular flexibility index (Phi) is 7.73. The van der Waals surface area contributed by atoms with Crippen molar-refractivity contribution < 1.29 is 20.4 Å². The number of benzene rings is 8. The van der Waals surface area contributed by atoms with Gasteiger partial charge in [-0.2, -0.15) is 0 Å². The summed E-state index contributed by atoms with van der Waals surface area (Å²) < 4.78 is 0. The van der Waals surface area contributed by atoms with Crippen LogP contribution in [-0.2, 0) is 0 Å². The summed E-state index contributed by atoms with van der Waals surface area (Å²) in [5, 5.41) is 48.0. The second kappa shape index (κ2) is 12.4. The van der Waals surface area contributed by atoms with Gasteiger partial charge in [-0.25, -0.2) is 0 Å². The molecule has 8 aromatic rings. The first-order chi connectivity index (χ1) is 24.8. The van der Waals surface area contributed by atoms with Gasteiger partial charge < -0.3 is 20.4 Å². The highest BCUT2D eigenvalue weighted by Crippen LogP contribution is 2.58. The standard InChI is InChI=1S/C47H36O4/c1-27-28(2)38-39(29(3)37(27)33-16-9-5-10-17-33)41(43-42(40(38)34-18-11-6-12-19-34)44(48)46(50)47(51)45(43)49)36-21-13-20-35(26-36)32-24-22-31(23-25-32)30-14-7-4-8-15-30/h4-26,48-51H,1-3H3. The number of hydrogen-bond donors (Lipinski definition) is 4. The molecule has 0 amide bonds. The fourth-order valence-electron chi connectivity index (χ4n) is 7.78. The highest BCUT2D eigenvalue weighted by atomic mass is 16.3. The largest absolute Gasteiger partial charge is 0.504 e. The molecule has 4 nitrogen and oxygen atoms in total. The Labute approximate surface area is 296 Å². The molecule has 0 spiro atoms. The quantitative estimate of drug-likeness (QED) is 0.0838. The molecule has 0 heterocycles. The Morgan fingerprint density at radius 3 is 1.18 bits per heavy atom. The molecule has 0 aliphatic heterocycles. The number of aryl methyl sites for hydroxylation is 2. The summed E-state index contributed by atoms with van der Waals surface area (Å²) in [5.41, 5.74) is 12.4. The minimum absolute atomic E-state index is 0.260. The van der Waals surface area contributed by atoms with Gasteiger partial charge in [-0.1, -0.05) is 133 Å². The van der Waals surface area contributed by atoms with Crippen LogP contribution in [0.2, 0.25) is 0 Å². The van der Waals surface area contributed by atoms with Gasteiger partial charge in [-0.15, -0.1) is 0 Å². The van der Waals surface area contributed by atoms with E-state index in [2.05, 4.69) is 81.4 Å². The predicted molar refractivity (Wildman–Crippen MR) is 210 cm³/mol. The van der Waals surface area contributed by atoms with Crippen molar-refractivity contribution in [3.05, 3.63) is 156 Å². The zero-order valence-corrected chi connectivity index (χ0v) is 28.6. The summed E-state index contributed by atoms with van der Waals surface area (Å²) in [4.78, 5) is 0. The lowest BCUT2D eigenvalue weighted by atomic mass is 9.78. The maximum atomic E-state index is 11.8. The molecule has 0 atom stereocenters. The first-order valence-electron chi connectivity index (χ1n) is 17.0. The van der Waals surface area contributed by atoms with Crippen molar-refractivity contribution in [1.82, 2.24) is 0 Å². The normalized spacial score (nSPS) is 11.4. The summed E-state index contributed by atoms with van der Waals surface area (Å²) in [6.45, 7) is 6.31. The minimum atomic E-state index is -0.767. The Bertz CT molecular complexity index is 2610. The van der Waals surface area contributed by atoms with Crippen molar-refractivity contribution in [1.29, 1.82) is 0 Å². The lowest BCUT2D eigenvalue weighted by Gasteiger charge is -2.26. The SMILES string of the molecule is Cc1c(-c2ccccc2)c(C)c2c(-c3cccc(-c4ccc(-c5ccccc5)cc4)c3)c3c(O)c(O)c(O)c(O)c3c(-c3ccccc3)c2c1C. The van der Waals surface area contributed by atoms with Crippen molar-refractivity contribution in [2.24, 2.45) is 0 Å². The van der Waals surface area contributed by atoms with Gasteiger partial charge in [-0.05, 0) is 98.8 Å². The molecule has 4 N–H and O–H groups in total. The Hall–Kier alpha value is -6.52. The third-order valence-corrected chi connectivity index (χ3v) is 10.3. The summed E-state index contributed by atoms with van der Waals surface area (Å²) in [6, 6.07) is 46.8. The molecule has 0 radical (unpaired) electrons. The van der Waals surface area contributed by atoms with Gasteiger partial charge in [0, 0.05) is 21.9 Å². The highest BCUT2D eigenvalue weighted by molar-refractivity contribution is 6.27. The molecule has 0 bridgehead atoms. The van der Waals surface area contributed by atoms with E-state index in [9.17, 15) is 20.4 Å². The molecule has 4 heteroatoms. The fourth-order valence-corrected chi connectivity index (χ4v) is 7.78. The van der Waals surface area contributed by atoms with Crippen LogP contribution in [0.1, 0.15) is 16.7 Å². The monoisotopic (exact) mass is 664 g/mol. The molecule has 8 rings (SSSR count). The number of rotatable bonds is 5. The van der Waals surface area contributed by atoms with Crippen LogP contribution in [0.5, 0.6) is 23.0 Å². The van der Waals surface area contributed by atoms with E-state index in [0.717, 1.165) is 72.0 Å². The zero-order chi connectivity index (χ0) is 35.4. The van der Waals surface area contributed by atoms with Crippen LogP contribution < -0.4 is 0 Å². The van der Waals surface area contributed by atoms with Crippen LogP contribution in [0, 0.1) is 20.8 Å². The van der Waals surface area contributed by atoms with E-state index in [1.54, 1.807) is 0 Å². The van der Waals surface area contributed by atoms with Crippen molar-refractivity contribution in [2.75, 3.05) is 0 Å². The van der Waals surface area contributed by atoms with E-state index in [1.807, 2.05) is 78.9 Å². The molecule has 0 aliphatic carbocycles. The molecule has 8 aromatic carbocycles. The number of hydrogen-bond acceptors (Lipinski definition) is 4. The topological polar surface area (TPSA) is 80.9 Å². The molecule has 0 fully saturated rings. The second-order valence-corrected chi connectivity index (χ2v) is 13.2. The summed E-state index contributed by atoms with van der Waals surface area (Å²) in [6.07, 6.45) is 0. The van der Waals surface area contributed by atoms with E-state index in [0.29, 0.717) is 11.1 Å². The second-order valence-electron chi connectivity index (χ2n) is 13.2. The van der Waals surface area contributed by atoms with Crippen molar-refractivity contribution in [2.45, 2.75) is 20.8 Å². The van der Waals surface area contributed by atoms with Crippen LogP contribution in [0.15, 0.2) is 140 Å². The van der Waals surface area contributed by atoms with Gasteiger partial charge >= 0.3 is 0 Å². The van der Waals surface area contributed by atoms with E-state index in [1.165, 1.54) is 0 Å². The molecule has 0 saturated heterocycles. The maximum absolute atomic E-state index is 11.8. The van der Waals surface area contributed by atoms with Gasteiger partial charge in [0.25, 0.3) is 0 Å². The van der Waals surface area contributed by atoms with E-state index < -0.39 is 23.0 Å². The Morgan fingerprint density at radius 2 is 0.647 bits per heavy atom. The molecule has 0 aliphatic rings. The van der Waals surface area contributed by atoms with E-state index in [-0.39, 0.29) is 10.8 Å². The van der Waals surface area contributed by atoms with Gasteiger partial charge in [0.2, 0.25) is 11.5 Å². The smallest absolute Gasteiger partial charge is 0.204 e. The Balaban J connectivity index is 1.52. The predicted octanol–water partition coefficient (Wildman–Crippen LogP) is 12.1. The number of phenolic OH excluding ortho intramolecular Hbond substituents is 4. The summed E-state index contributed by atoms with van der Waals surface area (Å²) in [7, 11) is 0. The van der Waals surface area contributed by atoms with E-state index in [4.69, 9.17) is 0 Å². The lowest BCUT2D eigenvalue weighted by Crippen LogP contribution is -2.01. The molecule has 248 valence electrons. The number of aromatic hydroxyl groups is 4. The van der Waals surface area contributed by atoms with Gasteiger partial charge in [0.05, 0.1) is 0 Å². The van der Waals surface area contributed by atoms with Gasteiger partial charge in [0.15, 0.2) is 11.5 Å². The summed E-state index contributed by atoms with van der Waals surface area (Å²) in [5.74, 6) is -2.51. The van der Waals surface area contributed by atoms with Crippen molar-refractivity contribution >= 4 is 21.5 Å².